The van der Waals surface area contributed by atoms with Crippen LogP contribution in [-0.4, -0.2) is 21.1 Å². The van der Waals surface area contributed by atoms with Crippen LogP contribution in [0.25, 0.3) is 16.9 Å². The fourth-order valence-corrected chi connectivity index (χ4v) is 3.28. The lowest BCUT2D eigenvalue weighted by Crippen LogP contribution is -2.23. The molecule has 0 aliphatic heterocycles. The minimum atomic E-state index is 0.406. The third kappa shape index (κ3) is 5.36. The lowest BCUT2D eigenvalue weighted by atomic mass is 10.1. The highest BCUT2D eigenvalue weighted by Gasteiger charge is 2.11. The number of para-hydroxylation sites is 1. The first-order valence-electron chi connectivity index (χ1n) is 9.66. The van der Waals surface area contributed by atoms with Gasteiger partial charge in [-0.25, -0.2) is 4.68 Å². The summed E-state index contributed by atoms with van der Waals surface area (Å²) in [6.07, 6.45) is 3.64. The van der Waals surface area contributed by atoms with E-state index in [9.17, 15) is 0 Å². The molecular weight excluding hydrogens is 426 g/mol. The van der Waals surface area contributed by atoms with Crippen LogP contribution in [0.3, 0.4) is 0 Å². The fourth-order valence-electron chi connectivity index (χ4n) is 2.98. The summed E-state index contributed by atoms with van der Waals surface area (Å²) in [6, 6.07) is 25.5. The van der Waals surface area contributed by atoms with Crippen molar-refractivity contribution >= 4 is 40.8 Å². The van der Waals surface area contributed by atoms with Gasteiger partial charge in [0.1, 0.15) is 5.69 Å². The van der Waals surface area contributed by atoms with Crippen LogP contribution in [0.5, 0.6) is 0 Å². The average Bonchev–Trinajstić information content (AvgIpc) is 3.21. The molecule has 4 rings (SSSR count). The number of anilines is 1. The van der Waals surface area contributed by atoms with E-state index < -0.39 is 0 Å². The van der Waals surface area contributed by atoms with E-state index in [-0.39, 0.29) is 0 Å². The predicted molar refractivity (Wildman–Crippen MR) is 132 cm³/mol. The van der Waals surface area contributed by atoms with Crippen LogP contribution < -0.4 is 10.7 Å². The van der Waals surface area contributed by atoms with Crippen molar-refractivity contribution in [2.45, 2.75) is 6.92 Å². The molecule has 5 nitrogen and oxygen atoms in total. The molecule has 154 valence electrons. The molecule has 0 saturated heterocycles. The second-order valence-electron chi connectivity index (χ2n) is 6.91. The molecule has 7 heteroatoms. The summed E-state index contributed by atoms with van der Waals surface area (Å²) in [5.74, 6) is 0. The zero-order valence-electron chi connectivity index (χ0n) is 16.8. The van der Waals surface area contributed by atoms with Gasteiger partial charge in [0.05, 0.1) is 11.9 Å². The molecule has 4 aromatic rings. The van der Waals surface area contributed by atoms with Crippen molar-refractivity contribution in [1.82, 2.24) is 15.2 Å². The Bertz CT molecular complexity index is 1200. The molecule has 1 aromatic heterocycles. The third-order valence-electron chi connectivity index (χ3n) is 4.56. The lowest BCUT2D eigenvalue weighted by molar-refractivity contribution is 0.884. The van der Waals surface area contributed by atoms with Crippen LogP contribution in [0.2, 0.25) is 5.02 Å². The van der Waals surface area contributed by atoms with Gasteiger partial charge < -0.3 is 5.32 Å². The van der Waals surface area contributed by atoms with Crippen molar-refractivity contribution in [1.29, 1.82) is 0 Å². The fraction of sp³-hybridized carbons (Fsp3) is 0.0417. The molecule has 0 spiro atoms. The maximum absolute atomic E-state index is 6.05. The predicted octanol–water partition coefficient (Wildman–Crippen LogP) is 5.82. The second kappa shape index (κ2) is 9.55. The van der Waals surface area contributed by atoms with Gasteiger partial charge in [-0.3, -0.25) is 5.43 Å². The minimum absolute atomic E-state index is 0.406. The van der Waals surface area contributed by atoms with Gasteiger partial charge in [0.2, 0.25) is 0 Å². The molecule has 0 atom stereocenters. The van der Waals surface area contributed by atoms with E-state index in [4.69, 9.17) is 28.9 Å². The molecule has 0 saturated carbocycles. The van der Waals surface area contributed by atoms with Gasteiger partial charge in [0, 0.05) is 28.0 Å². The molecule has 0 aliphatic carbocycles. The standard InChI is InChI=1S/C24H20ClN5S/c1-17-7-13-21(14-8-17)27-24(31)28-26-15-19-16-30(22-5-3-2-4-6-22)29-23(19)18-9-11-20(25)12-10-18/h2-16H,1H3,(H2,27,28,31). The van der Waals surface area contributed by atoms with Crippen LogP contribution in [0.4, 0.5) is 5.69 Å². The number of aromatic nitrogens is 2. The van der Waals surface area contributed by atoms with Gasteiger partial charge in [-0.1, -0.05) is 59.6 Å². The summed E-state index contributed by atoms with van der Waals surface area (Å²) >= 11 is 11.4. The van der Waals surface area contributed by atoms with E-state index in [1.54, 1.807) is 6.21 Å². The van der Waals surface area contributed by atoms with Crippen LogP contribution >= 0.6 is 23.8 Å². The average molecular weight is 446 g/mol. The van der Waals surface area contributed by atoms with Crippen molar-refractivity contribution in [3.8, 4) is 16.9 Å². The summed E-state index contributed by atoms with van der Waals surface area (Å²) in [5, 5.41) is 13.3. The number of hydrogen-bond donors (Lipinski definition) is 2. The summed E-state index contributed by atoms with van der Waals surface area (Å²) in [4.78, 5) is 0. The molecule has 1 heterocycles. The first-order chi connectivity index (χ1) is 15.1. The number of halogens is 1. The van der Waals surface area contributed by atoms with Gasteiger partial charge in [-0.2, -0.15) is 10.2 Å². The maximum atomic E-state index is 6.05. The van der Waals surface area contributed by atoms with E-state index in [0.29, 0.717) is 10.1 Å². The number of hydrazone groups is 1. The Balaban J connectivity index is 1.55. The molecule has 0 fully saturated rings. The number of aryl methyl sites for hydroxylation is 1. The van der Waals surface area contributed by atoms with Gasteiger partial charge in [0.25, 0.3) is 0 Å². The van der Waals surface area contributed by atoms with Crippen LogP contribution in [0, 0.1) is 6.92 Å². The SMILES string of the molecule is Cc1ccc(NC(=S)NN=Cc2cn(-c3ccccc3)nc2-c2ccc(Cl)cc2)cc1. The van der Waals surface area contributed by atoms with Crippen molar-refractivity contribution in [2.75, 3.05) is 5.32 Å². The maximum Gasteiger partial charge on any atom is 0.191 e. The number of nitrogens with zero attached hydrogens (tertiary/aromatic N) is 3. The second-order valence-corrected chi connectivity index (χ2v) is 7.75. The molecule has 0 bridgehead atoms. The summed E-state index contributed by atoms with van der Waals surface area (Å²) in [6.45, 7) is 2.04. The van der Waals surface area contributed by atoms with Crippen molar-refractivity contribution < 1.29 is 0 Å². The molecular formula is C24H20ClN5S. The molecule has 31 heavy (non-hydrogen) atoms. The Kier molecular flexibility index (Phi) is 6.40. The zero-order valence-corrected chi connectivity index (χ0v) is 18.4. The monoisotopic (exact) mass is 445 g/mol. The first kappa shape index (κ1) is 20.8. The Morgan fingerprint density at radius 3 is 2.42 bits per heavy atom. The van der Waals surface area contributed by atoms with Crippen LogP contribution in [-0.2, 0) is 0 Å². The highest BCUT2D eigenvalue weighted by atomic mass is 35.5. The molecule has 0 amide bonds. The highest BCUT2D eigenvalue weighted by molar-refractivity contribution is 7.80. The molecule has 0 unspecified atom stereocenters. The number of thiocarbonyl (C=S) groups is 1. The van der Waals surface area contributed by atoms with E-state index >= 15 is 0 Å². The van der Waals surface area contributed by atoms with Gasteiger partial charge in [0.15, 0.2) is 5.11 Å². The largest absolute Gasteiger partial charge is 0.331 e. The number of rotatable bonds is 5. The molecule has 2 N–H and O–H groups in total. The quantitative estimate of drug-likeness (QED) is 0.231. The van der Waals surface area contributed by atoms with Crippen molar-refractivity contribution in [3.63, 3.8) is 0 Å². The topological polar surface area (TPSA) is 54.2 Å². The third-order valence-corrected chi connectivity index (χ3v) is 5.01. The van der Waals surface area contributed by atoms with Gasteiger partial charge in [-0.15, -0.1) is 0 Å². The van der Waals surface area contributed by atoms with E-state index in [1.807, 2.05) is 96.7 Å². The van der Waals surface area contributed by atoms with Crippen molar-refractivity contribution in [2.24, 2.45) is 5.10 Å². The van der Waals surface area contributed by atoms with E-state index in [0.717, 1.165) is 28.2 Å². The summed E-state index contributed by atoms with van der Waals surface area (Å²) < 4.78 is 1.83. The van der Waals surface area contributed by atoms with E-state index in [2.05, 4.69) is 15.8 Å². The Morgan fingerprint density at radius 2 is 1.71 bits per heavy atom. The zero-order chi connectivity index (χ0) is 21.6. The number of nitrogens with one attached hydrogen (secondary N) is 2. The Labute approximate surface area is 191 Å². The molecule has 0 radical (unpaired) electrons. The van der Waals surface area contributed by atoms with Gasteiger partial charge >= 0.3 is 0 Å². The minimum Gasteiger partial charge on any atom is -0.331 e. The summed E-state index contributed by atoms with van der Waals surface area (Å²) in [7, 11) is 0. The Hall–Kier alpha value is -3.48. The molecule has 3 aromatic carbocycles. The normalized spacial score (nSPS) is 10.9. The Morgan fingerprint density at radius 1 is 1.00 bits per heavy atom. The first-order valence-corrected chi connectivity index (χ1v) is 10.4. The van der Waals surface area contributed by atoms with Crippen molar-refractivity contribution in [3.05, 3.63) is 101 Å². The number of benzene rings is 3. The molecule has 0 aliphatic rings. The highest BCUT2D eigenvalue weighted by Crippen LogP contribution is 2.24. The van der Waals surface area contributed by atoms with E-state index in [1.165, 1.54) is 5.56 Å². The van der Waals surface area contributed by atoms with Gasteiger partial charge in [-0.05, 0) is 55.5 Å². The van der Waals surface area contributed by atoms with Crippen LogP contribution in [0.15, 0.2) is 90.2 Å². The smallest absolute Gasteiger partial charge is 0.191 e. The summed E-state index contributed by atoms with van der Waals surface area (Å²) in [5.41, 5.74) is 8.49. The van der Waals surface area contributed by atoms with Crippen LogP contribution in [0.1, 0.15) is 11.1 Å². The lowest BCUT2D eigenvalue weighted by Gasteiger charge is -2.06. The number of hydrogen-bond acceptors (Lipinski definition) is 3.